The lowest BCUT2D eigenvalue weighted by atomic mass is 10.0. The van der Waals surface area contributed by atoms with E-state index in [9.17, 15) is 9.59 Å². The minimum absolute atomic E-state index is 0.279. The summed E-state index contributed by atoms with van der Waals surface area (Å²) >= 11 is 11.8. The van der Waals surface area contributed by atoms with Crippen LogP contribution < -0.4 is 10.6 Å². The van der Waals surface area contributed by atoms with E-state index in [1.54, 1.807) is 18.2 Å². The molecular formula is C19H18Cl2N2O2. The molecule has 0 saturated heterocycles. The van der Waals surface area contributed by atoms with Gasteiger partial charge >= 0.3 is 0 Å². The summed E-state index contributed by atoms with van der Waals surface area (Å²) in [5.41, 5.74) is 2.23. The number of amides is 2. The minimum atomic E-state index is -1.03. The molecule has 0 aliphatic heterocycles. The molecule has 2 N–H and O–H groups in total. The van der Waals surface area contributed by atoms with Crippen LogP contribution in [0.4, 0.5) is 11.4 Å². The summed E-state index contributed by atoms with van der Waals surface area (Å²) in [6.07, 6.45) is 1.05. The van der Waals surface area contributed by atoms with Gasteiger partial charge in [0.05, 0.1) is 10.0 Å². The SMILES string of the molecule is Cc1ccc(C)c(NC(=O)C2(C(=O)Nc3ccc(Cl)c(Cl)c3)CC2)c1. The van der Waals surface area contributed by atoms with E-state index in [4.69, 9.17) is 23.2 Å². The Labute approximate surface area is 156 Å². The van der Waals surface area contributed by atoms with E-state index in [0.29, 0.717) is 28.6 Å². The van der Waals surface area contributed by atoms with E-state index in [1.807, 2.05) is 32.0 Å². The van der Waals surface area contributed by atoms with E-state index in [2.05, 4.69) is 10.6 Å². The summed E-state index contributed by atoms with van der Waals surface area (Å²) in [5, 5.41) is 6.42. The van der Waals surface area contributed by atoms with Crippen molar-refractivity contribution in [1.29, 1.82) is 0 Å². The van der Waals surface area contributed by atoms with E-state index in [1.165, 1.54) is 0 Å². The van der Waals surface area contributed by atoms with E-state index in [-0.39, 0.29) is 11.8 Å². The molecule has 130 valence electrons. The molecule has 0 bridgehead atoms. The number of hydrogen-bond acceptors (Lipinski definition) is 2. The fraction of sp³-hybridized carbons (Fsp3) is 0.263. The Morgan fingerprint density at radius 2 is 1.60 bits per heavy atom. The Balaban J connectivity index is 1.74. The molecule has 3 rings (SSSR count). The lowest BCUT2D eigenvalue weighted by Gasteiger charge is -2.17. The van der Waals surface area contributed by atoms with Crippen LogP contribution in [0.5, 0.6) is 0 Å². The van der Waals surface area contributed by atoms with Crippen LogP contribution >= 0.6 is 23.2 Å². The van der Waals surface area contributed by atoms with Crippen molar-refractivity contribution in [2.75, 3.05) is 10.6 Å². The van der Waals surface area contributed by atoms with Gasteiger partial charge in [-0.2, -0.15) is 0 Å². The molecule has 0 unspecified atom stereocenters. The van der Waals surface area contributed by atoms with Gasteiger partial charge in [-0.25, -0.2) is 0 Å². The highest BCUT2D eigenvalue weighted by Gasteiger charge is 2.56. The normalized spacial score (nSPS) is 14.7. The van der Waals surface area contributed by atoms with Crippen molar-refractivity contribution < 1.29 is 9.59 Å². The zero-order chi connectivity index (χ0) is 18.2. The predicted molar refractivity (Wildman–Crippen MR) is 101 cm³/mol. The van der Waals surface area contributed by atoms with Gasteiger partial charge < -0.3 is 10.6 Å². The first kappa shape index (κ1) is 17.8. The zero-order valence-electron chi connectivity index (χ0n) is 14.0. The largest absolute Gasteiger partial charge is 0.325 e. The third-order valence-corrected chi connectivity index (χ3v) is 5.18. The third kappa shape index (κ3) is 3.65. The first-order chi connectivity index (χ1) is 11.8. The van der Waals surface area contributed by atoms with Crippen LogP contribution in [-0.4, -0.2) is 11.8 Å². The summed E-state index contributed by atoms with van der Waals surface area (Å²) < 4.78 is 0. The third-order valence-electron chi connectivity index (χ3n) is 4.44. The molecule has 1 fully saturated rings. The fourth-order valence-corrected chi connectivity index (χ4v) is 2.92. The Kier molecular flexibility index (Phi) is 4.76. The Hall–Kier alpha value is -2.04. The second-order valence-electron chi connectivity index (χ2n) is 6.44. The monoisotopic (exact) mass is 376 g/mol. The Bertz CT molecular complexity index is 860. The maximum Gasteiger partial charge on any atom is 0.240 e. The standard InChI is InChI=1S/C19H18Cl2N2O2/c1-11-3-4-12(2)16(9-11)23-18(25)19(7-8-19)17(24)22-13-5-6-14(20)15(21)10-13/h3-6,9-10H,7-8H2,1-2H3,(H,22,24)(H,23,25). The number of carbonyl (C=O) groups is 2. The van der Waals surface area contributed by atoms with Crippen molar-refractivity contribution in [3.05, 3.63) is 57.6 Å². The van der Waals surface area contributed by atoms with Gasteiger partial charge in [0.2, 0.25) is 11.8 Å². The first-order valence-corrected chi connectivity index (χ1v) is 8.73. The topological polar surface area (TPSA) is 58.2 Å². The fourth-order valence-electron chi connectivity index (χ4n) is 2.62. The van der Waals surface area contributed by atoms with E-state index < -0.39 is 5.41 Å². The highest BCUT2D eigenvalue weighted by molar-refractivity contribution is 6.42. The molecule has 25 heavy (non-hydrogen) atoms. The van der Waals surface area contributed by atoms with Crippen molar-refractivity contribution in [2.24, 2.45) is 5.41 Å². The van der Waals surface area contributed by atoms with Crippen LogP contribution in [0.25, 0.3) is 0 Å². The highest BCUT2D eigenvalue weighted by atomic mass is 35.5. The maximum absolute atomic E-state index is 12.7. The Morgan fingerprint density at radius 1 is 0.920 bits per heavy atom. The molecule has 6 heteroatoms. The Morgan fingerprint density at radius 3 is 2.24 bits per heavy atom. The average molecular weight is 377 g/mol. The number of benzene rings is 2. The molecule has 0 aromatic heterocycles. The van der Waals surface area contributed by atoms with Gasteiger partial charge in [-0.3, -0.25) is 9.59 Å². The van der Waals surface area contributed by atoms with Crippen LogP contribution in [0.15, 0.2) is 36.4 Å². The highest BCUT2D eigenvalue weighted by Crippen LogP contribution is 2.47. The van der Waals surface area contributed by atoms with Crippen LogP contribution in [0.1, 0.15) is 24.0 Å². The van der Waals surface area contributed by atoms with Gasteiger partial charge in [0, 0.05) is 11.4 Å². The molecule has 2 amide bonds. The minimum Gasteiger partial charge on any atom is -0.325 e. The van der Waals surface area contributed by atoms with Gasteiger partial charge in [-0.15, -0.1) is 0 Å². The smallest absolute Gasteiger partial charge is 0.240 e. The van der Waals surface area contributed by atoms with Gasteiger partial charge in [-0.1, -0.05) is 35.3 Å². The predicted octanol–water partition coefficient (Wildman–Crippen LogP) is 4.97. The van der Waals surface area contributed by atoms with Gasteiger partial charge in [-0.05, 0) is 62.1 Å². The van der Waals surface area contributed by atoms with Crippen molar-refractivity contribution >= 4 is 46.4 Å². The molecule has 1 saturated carbocycles. The van der Waals surface area contributed by atoms with E-state index >= 15 is 0 Å². The molecule has 0 atom stereocenters. The number of rotatable bonds is 4. The molecule has 0 radical (unpaired) electrons. The van der Waals surface area contributed by atoms with Crippen LogP contribution in [-0.2, 0) is 9.59 Å². The van der Waals surface area contributed by atoms with Crippen molar-refractivity contribution in [3.8, 4) is 0 Å². The molecule has 2 aromatic carbocycles. The van der Waals surface area contributed by atoms with Gasteiger partial charge in [0.25, 0.3) is 0 Å². The van der Waals surface area contributed by atoms with Gasteiger partial charge in [0.1, 0.15) is 5.41 Å². The molecule has 1 aliphatic carbocycles. The van der Waals surface area contributed by atoms with Crippen molar-refractivity contribution in [2.45, 2.75) is 26.7 Å². The molecular weight excluding hydrogens is 359 g/mol. The molecule has 0 spiro atoms. The summed E-state index contributed by atoms with van der Waals surface area (Å²) in [7, 11) is 0. The number of nitrogens with one attached hydrogen (secondary N) is 2. The van der Waals surface area contributed by atoms with Crippen LogP contribution in [0.3, 0.4) is 0 Å². The summed E-state index contributed by atoms with van der Waals surface area (Å²) in [4.78, 5) is 25.3. The van der Waals surface area contributed by atoms with E-state index in [0.717, 1.165) is 16.8 Å². The summed E-state index contributed by atoms with van der Waals surface area (Å²) in [5.74, 6) is -0.604. The van der Waals surface area contributed by atoms with Crippen LogP contribution in [0, 0.1) is 19.3 Å². The first-order valence-electron chi connectivity index (χ1n) is 7.97. The number of hydrogen-bond donors (Lipinski definition) is 2. The molecule has 0 heterocycles. The summed E-state index contributed by atoms with van der Waals surface area (Å²) in [6.45, 7) is 3.88. The van der Waals surface area contributed by atoms with Gasteiger partial charge in [0.15, 0.2) is 0 Å². The molecule has 2 aromatic rings. The van der Waals surface area contributed by atoms with Crippen molar-refractivity contribution in [1.82, 2.24) is 0 Å². The second-order valence-corrected chi connectivity index (χ2v) is 7.25. The molecule has 1 aliphatic rings. The quantitative estimate of drug-likeness (QED) is 0.740. The second kappa shape index (κ2) is 6.70. The number of carbonyl (C=O) groups excluding carboxylic acids is 2. The maximum atomic E-state index is 12.7. The summed E-state index contributed by atoms with van der Waals surface area (Å²) in [6, 6.07) is 10.7. The van der Waals surface area contributed by atoms with Crippen molar-refractivity contribution in [3.63, 3.8) is 0 Å². The number of aryl methyl sites for hydroxylation is 2. The lowest BCUT2D eigenvalue weighted by molar-refractivity contribution is -0.131. The number of anilines is 2. The average Bonchev–Trinajstić information content (AvgIpc) is 3.36. The molecule has 4 nitrogen and oxygen atoms in total. The zero-order valence-corrected chi connectivity index (χ0v) is 15.5. The number of halogens is 2. The van der Waals surface area contributed by atoms with Crippen LogP contribution in [0.2, 0.25) is 10.0 Å². The lowest BCUT2D eigenvalue weighted by Crippen LogP contribution is -2.35.